The van der Waals surface area contributed by atoms with E-state index in [9.17, 15) is 0 Å². The fourth-order valence-electron chi connectivity index (χ4n) is 2.67. The number of guanidine groups is 1. The van der Waals surface area contributed by atoms with Gasteiger partial charge in [-0.3, -0.25) is 9.71 Å². The predicted molar refractivity (Wildman–Crippen MR) is 100 cm³/mol. The Morgan fingerprint density at radius 1 is 1.12 bits per heavy atom. The largest absolute Gasteiger partial charge is 0.454 e. The molecule has 2 N–H and O–H groups in total. The Morgan fingerprint density at radius 2 is 1.96 bits per heavy atom. The highest BCUT2D eigenvalue weighted by molar-refractivity contribution is 7.98. The highest BCUT2D eigenvalue weighted by atomic mass is 35.5. The first-order valence-corrected chi connectivity index (χ1v) is 9.29. The molecule has 0 radical (unpaired) electrons. The normalized spacial score (nSPS) is 18.3. The van der Waals surface area contributed by atoms with Crippen LogP contribution in [0.1, 0.15) is 19.3 Å². The SMILES string of the molecule is Clc1ccccc1Oc1cccc2c1NC(=NCC1CCC1)NS2. The number of aliphatic imine (C=N–C) groups is 1. The Kier molecular flexibility index (Phi) is 4.54. The molecule has 0 amide bonds. The van der Waals surface area contributed by atoms with Crippen LogP contribution >= 0.6 is 23.5 Å². The molecule has 1 fully saturated rings. The summed E-state index contributed by atoms with van der Waals surface area (Å²) in [6, 6.07) is 13.4. The molecule has 2 aromatic carbocycles. The lowest BCUT2D eigenvalue weighted by Gasteiger charge is -2.26. The quantitative estimate of drug-likeness (QED) is 0.726. The summed E-state index contributed by atoms with van der Waals surface area (Å²) >= 11 is 7.75. The summed E-state index contributed by atoms with van der Waals surface area (Å²) in [5.41, 5.74) is 0.925. The lowest BCUT2D eigenvalue weighted by molar-refractivity contribution is 0.326. The van der Waals surface area contributed by atoms with Crippen molar-refractivity contribution in [3.8, 4) is 11.5 Å². The number of rotatable bonds is 4. The smallest absolute Gasteiger partial charge is 0.206 e. The molecule has 0 spiro atoms. The van der Waals surface area contributed by atoms with Gasteiger partial charge in [-0.05, 0) is 55.0 Å². The number of benzene rings is 2. The number of nitrogens with zero attached hydrogens (tertiary/aromatic N) is 1. The number of ether oxygens (including phenoxy) is 1. The third-order valence-corrected chi connectivity index (χ3v) is 5.45. The molecule has 4 rings (SSSR count). The van der Waals surface area contributed by atoms with E-state index in [1.54, 1.807) is 11.9 Å². The van der Waals surface area contributed by atoms with Crippen LogP contribution in [0.25, 0.3) is 0 Å². The van der Waals surface area contributed by atoms with Gasteiger partial charge in [-0.2, -0.15) is 0 Å². The summed E-state index contributed by atoms with van der Waals surface area (Å²) in [5, 5.41) is 3.95. The maximum atomic E-state index is 6.21. The van der Waals surface area contributed by atoms with E-state index in [0.29, 0.717) is 10.8 Å². The maximum absolute atomic E-state index is 6.21. The summed E-state index contributed by atoms with van der Waals surface area (Å²) in [4.78, 5) is 5.73. The Bertz CT molecular complexity index is 777. The van der Waals surface area contributed by atoms with E-state index in [1.807, 2.05) is 42.5 Å². The molecule has 0 aromatic heterocycles. The standard InChI is InChI=1S/C18H18ClN3OS/c19-13-7-1-2-8-14(13)23-15-9-4-10-16-17(15)21-18(22-24-16)20-11-12-5-3-6-12/h1-2,4,7-10,12H,3,5-6,11H2,(H2,20,21,22). The van der Waals surface area contributed by atoms with Crippen LogP contribution in [0.15, 0.2) is 52.4 Å². The van der Waals surface area contributed by atoms with E-state index in [2.05, 4.69) is 15.0 Å². The van der Waals surface area contributed by atoms with Crippen molar-refractivity contribution < 1.29 is 4.74 Å². The highest BCUT2D eigenvalue weighted by Gasteiger charge is 2.21. The fraction of sp³-hybridized carbons (Fsp3) is 0.278. The molecular formula is C18H18ClN3OS. The minimum atomic E-state index is 0.593. The molecule has 1 saturated carbocycles. The van der Waals surface area contributed by atoms with Crippen molar-refractivity contribution in [2.75, 3.05) is 11.9 Å². The van der Waals surface area contributed by atoms with E-state index in [0.717, 1.165) is 34.8 Å². The number of fused-ring (bicyclic) bond motifs is 1. The number of hydrogen-bond donors (Lipinski definition) is 2. The Hall–Kier alpha value is -1.85. The van der Waals surface area contributed by atoms with E-state index in [-0.39, 0.29) is 0 Å². The molecule has 0 atom stereocenters. The van der Waals surface area contributed by atoms with Crippen molar-refractivity contribution in [1.82, 2.24) is 4.72 Å². The van der Waals surface area contributed by atoms with Crippen LogP contribution in [-0.4, -0.2) is 12.5 Å². The molecule has 1 aliphatic heterocycles. The first-order valence-electron chi connectivity index (χ1n) is 8.09. The monoisotopic (exact) mass is 359 g/mol. The van der Waals surface area contributed by atoms with Crippen LogP contribution in [0.4, 0.5) is 5.69 Å². The average molecular weight is 360 g/mol. The van der Waals surface area contributed by atoms with Crippen molar-refractivity contribution in [3.05, 3.63) is 47.5 Å². The van der Waals surface area contributed by atoms with Crippen LogP contribution < -0.4 is 14.8 Å². The zero-order valence-corrected chi connectivity index (χ0v) is 14.7. The average Bonchev–Trinajstić information content (AvgIpc) is 2.56. The van der Waals surface area contributed by atoms with Crippen LogP contribution in [0.5, 0.6) is 11.5 Å². The predicted octanol–water partition coefficient (Wildman–Crippen LogP) is 5.31. The first kappa shape index (κ1) is 15.7. The highest BCUT2D eigenvalue weighted by Crippen LogP contribution is 2.40. The van der Waals surface area contributed by atoms with Crippen LogP contribution in [0.3, 0.4) is 0 Å². The molecule has 24 heavy (non-hydrogen) atoms. The van der Waals surface area contributed by atoms with Crippen LogP contribution in [0, 0.1) is 5.92 Å². The fourth-order valence-corrected chi connectivity index (χ4v) is 3.56. The number of nitrogens with one attached hydrogen (secondary N) is 2. The summed E-state index contributed by atoms with van der Waals surface area (Å²) in [6.07, 6.45) is 3.92. The molecule has 0 bridgehead atoms. The van der Waals surface area contributed by atoms with Crippen LogP contribution in [0.2, 0.25) is 5.02 Å². The molecule has 124 valence electrons. The molecule has 0 saturated heterocycles. The molecule has 0 unspecified atom stereocenters. The molecule has 2 aliphatic rings. The first-order chi connectivity index (χ1) is 11.8. The van der Waals surface area contributed by atoms with Gasteiger partial charge in [-0.25, -0.2) is 0 Å². The third kappa shape index (κ3) is 3.32. The molecule has 2 aromatic rings. The maximum Gasteiger partial charge on any atom is 0.206 e. The van der Waals surface area contributed by atoms with Crippen molar-refractivity contribution >= 4 is 35.2 Å². The zero-order valence-electron chi connectivity index (χ0n) is 13.1. The molecule has 1 heterocycles. The molecular weight excluding hydrogens is 342 g/mol. The Morgan fingerprint density at radius 3 is 2.75 bits per heavy atom. The van der Waals surface area contributed by atoms with Crippen molar-refractivity contribution in [2.45, 2.75) is 24.2 Å². The topological polar surface area (TPSA) is 45.6 Å². The Labute approximate surface area is 150 Å². The van der Waals surface area contributed by atoms with Crippen molar-refractivity contribution in [2.24, 2.45) is 10.9 Å². The molecule has 6 heteroatoms. The lowest BCUT2D eigenvalue weighted by atomic mass is 9.86. The van der Waals surface area contributed by atoms with Gasteiger partial charge in [0.05, 0.1) is 15.6 Å². The number of anilines is 1. The number of halogens is 1. The second-order valence-electron chi connectivity index (χ2n) is 5.98. The second kappa shape index (κ2) is 6.95. The van der Waals surface area contributed by atoms with Gasteiger partial charge in [0.15, 0.2) is 5.75 Å². The Balaban J connectivity index is 1.56. The van der Waals surface area contributed by atoms with Gasteiger partial charge in [-0.15, -0.1) is 0 Å². The minimum absolute atomic E-state index is 0.593. The summed E-state index contributed by atoms with van der Waals surface area (Å²) in [5.74, 6) is 2.91. The van der Waals surface area contributed by atoms with Gasteiger partial charge in [0.2, 0.25) is 5.96 Å². The van der Waals surface area contributed by atoms with Gasteiger partial charge in [0, 0.05) is 6.54 Å². The van der Waals surface area contributed by atoms with Gasteiger partial charge in [0.25, 0.3) is 0 Å². The zero-order chi connectivity index (χ0) is 16.4. The third-order valence-electron chi connectivity index (χ3n) is 4.28. The van der Waals surface area contributed by atoms with E-state index < -0.39 is 0 Å². The van der Waals surface area contributed by atoms with E-state index in [4.69, 9.17) is 16.3 Å². The van der Waals surface area contributed by atoms with Crippen molar-refractivity contribution in [1.29, 1.82) is 0 Å². The second-order valence-corrected chi connectivity index (χ2v) is 7.23. The molecule has 4 nitrogen and oxygen atoms in total. The molecule has 1 aliphatic carbocycles. The van der Waals surface area contributed by atoms with Gasteiger partial charge in [0.1, 0.15) is 5.75 Å². The van der Waals surface area contributed by atoms with Gasteiger partial charge >= 0.3 is 0 Å². The summed E-state index contributed by atoms with van der Waals surface area (Å²) in [6.45, 7) is 0.874. The van der Waals surface area contributed by atoms with Crippen molar-refractivity contribution in [3.63, 3.8) is 0 Å². The van der Waals surface area contributed by atoms with Crippen LogP contribution in [-0.2, 0) is 0 Å². The number of para-hydroxylation sites is 2. The summed E-state index contributed by atoms with van der Waals surface area (Å²) < 4.78 is 9.28. The summed E-state index contributed by atoms with van der Waals surface area (Å²) in [7, 11) is 0. The minimum Gasteiger partial charge on any atom is -0.454 e. The number of hydrogen-bond acceptors (Lipinski definition) is 3. The van der Waals surface area contributed by atoms with E-state index >= 15 is 0 Å². The van der Waals surface area contributed by atoms with Gasteiger partial charge in [-0.1, -0.05) is 36.2 Å². The lowest BCUT2D eigenvalue weighted by Crippen LogP contribution is -2.30. The van der Waals surface area contributed by atoms with E-state index in [1.165, 1.54) is 19.3 Å². The van der Waals surface area contributed by atoms with Gasteiger partial charge < -0.3 is 10.1 Å².